The van der Waals surface area contributed by atoms with Crippen molar-refractivity contribution in [2.24, 2.45) is 0 Å². The fourth-order valence-corrected chi connectivity index (χ4v) is 5.82. The molecule has 0 radical (unpaired) electrons. The number of benzene rings is 4. The summed E-state index contributed by atoms with van der Waals surface area (Å²) in [4.78, 5) is 28.1. The Labute approximate surface area is 246 Å². The number of aryl methyl sites for hydroxylation is 1. The lowest BCUT2D eigenvalue weighted by molar-refractivity contribution is -0.128. The molecule has 1 aliphatic rings. The van der Waals surface area contributed by atoms with Crippen molar-refractivity contribution in [2.45, 2.75) is 36.8 Å². The zero-order chi connectivity index (χ0) is 29.4. The lowest BCUT2D eigenvalue weighted by Gasteiger charge is -2.34. The van der Waals surface area contributed by atoms with Gasteiger partial charge in [0.05, 0.1) is 17.1 Å². The van der Waals surface area contributed by atoms with Crippen molar-refractivity contribution < 1.29 is 22.7 Å². The SMILES string of the molecule is O=C(NCc1ccccc1)[C@H]1CN(C(=O)CCc2ccc(S(=O)(=O)NCCc3ccccc3)cc2)c2ccccc2O1. The first-order chi connectivity index (χ1) is 20.4. The second-order valence-electron chi connectivity index (χ2n) is 10.1. The molecule has 0 fully saturated rings. The molecule has 1 heterocycles. The molecule has 0 spiro atoms. The van der Waals surface area contributed by atoms with Crippen molar-refractivity contribution in [3.8, 4) is 5.75 Å². The molecule has 8 nitrogen and oxygen atoms in total. The maximum Gasteiger partial charge on any atom is 0.263 e. The zero-order valence-corrected chi connectivity index (χ0v) is 23.9. The van der Waals surface area contributed by atoms with Gasteiger partial charge in [0.1, 0.15) is 5.75 Å². The van der Waals surface area contributed by atoms with Gasteiger partial charge in [-0.15, -0.1) is 0 Å². The normalized spacial score (nSPS) is 14.5. The fraction of sp³-hybridized carbons (Fsp3) is 0.212. The Bertz CT molecular complexity index is 1610. The highest BCUT2D eigenvalue weighted by molar-refractivity contribution is 7.89. The van der Waals surface area contributed by atoms with Crippen LogP contribution in [-0.4, -0.2) is 39.4 Å². The van der Waals surface area contributed by atoms with Gasteiger partial charge in [-0.05, 0) is 53.8 Å². The third kappa shape index (κ3) is 7.43. The highest BCUT2D eigenvalue weighted by Crippen LogP contribution is 2.33. The van der Waals surface area contributed by atoms with Crippen LogP contribution in [0.25, 0.3) is 0 Å². The summed E-state index contributed by atoms with van der Waals surface area (Å²) in [6.07, 6.45) is 0.367. The van der Waals surface area contributed by atoms with Gasteiger partial charge in [0.15, 0.2) is 6.10 Å². The Hall–Kier alpha value is -4.47. The van der Waals surface area contributed by atoms with E-state index in [9.17, 15) is 18.0 Å². The van der Waals surface area contributed by atoms with Crippen molar-refractivity contribution in [3.63, 3.8) is 0 Å². The van der Waals surface area contributed by atoms with E-state index in [4.69, 9.17) is 4.74 Å². The summed E-state index contributed by atoms with van der Waals surface area (Å²) in [5, 5.41) is 2.90. The first-order valence-corrected chi connectivity index (χ1v) is 15.4. The van der Waals surface area contributed by atoms with Gasteiger partial charge in [-0.2, -0.15) is 0 Å². The first-order valence-electron chi connectivity index (χ1n) is 13.9. The number of hydrogen-bond donors (Lipinski definition) is 2. The second kappa shape index (κ2) is 13.5. The third-order valence-corrected chi connectivity index (χ3v) is 8.56. The summed E-state index contributed by atoms with van der Waals surface area (Å²) in [6.45, 7) is 0.764. The third-order valence-electron chi connectivity index (χ3n) is 7.09. The molecular weight excluding hydrogens is 550 g/mol. The van der Waals surface area contributed by atoms with E-state index in [1.807, 2.05) is 66.7 Å². The number of fused-ring (bicyclic) bond motifs is 1. The molecule has 4 aromatic rings. The van der Waals surface area contributed by atoms with Gasteiger partial charge in [-0.25, -0.2) is 13.1 Å². The minimum absolute atomic E-state index is 0.0995. The lowest BCUT2D eigenvalue weighted by atomic mass is 10.1. The summed E-state index contributed by atoms with van der Waals surface area (Å²) in [5.41, 5.74) is 3.49. The number of sulfonamides is 1. The van der Waals surface area contributed by atoms with Crippen LogP contribution in [0.1, 0.15) is 23.1 Å². The Morgan fingerprint density at radius 1 is 0.762 bits per heavy atom. The Morgan fingerprint density at radius 2 is 1.38 bits per heavy atom. The average molecular weight is 584 g/mol. The number of para-hydroxylation sites is 2. The van der Waals surface area contributed by atoms with Gasteiger partial charge in [-0.3, -0.25) is 9.59 Å². The summed E-state index contributed by atoms with van der Waals surface area (Å²) in [7, 11) is -3.64. The molecule has 216 valence electrons. The van der Waals surface area contributed by atoms with Crippen LogP contribution in [0.2, 0.25) is 0 Å². The van der Waals surface area contributed by atoms with Crippen LogP contribution in [0, 0.1) is 0 Å². The predicted octanol–water partition coefficient (Wildman–Crippen LogP) is 4.25. The van der Waals surface area contributed by atoms with Crippen molar-refractivity contribution in [1.82, 2.24) is 10.0 Å². The monoisotopic (exact) mass is 583 g/mol. The number of nitrogens with one attached hydrogen (secondary N) is 2. The highest BCUT2D eigenvalue weighted by Gasteiger charge is 2.33. The number of hydrogen-bond acceptors (Lipinski definition) is 5. The second-order valence-corrected chi connectivity index (χ2v) is 11.8. The Morgan fingerprint density at radius 3 is 2.10 bits per heavy atom. The Kier molecular flexibility index (Phi) is 9.31. The molecule has 0 saturated heterocycles. The van der Waals surface area contributed by atoms with Crippen LogP contribution in [0.4, 0.5) is 5.69 Å². The van der Waals surface area contributed by atoms with Crippen LogP contribution in [0.15, 0.2) is 114 Å². The van der Waals surface area contributed by atoms with E-state index in [0.29, 0.717) is 37.4 Å². The van der Waals surface area contributed by atoms with Crippen LogP contribution in [-0.2, 0) is 39.0 Å². The van der Waals surface area contributed by atoms with E-state index < -0.39 is 16.1 Å². The quantitative estimate of drug-likeness (QED) is 0.275. The van der Waals surface area contributed by atoms with E-state index in [1.165, 1.54) is 0 Å². The Balaban J connectivity index is 1.17. The molecule has 4 aromatic carbocycles. The van der Waals surface area contributed by atoms with Gasteiger partial charge >= 0.3 is 0 Å². The van der Waals surface area contributed by atoms with Crippen LogP contribution >= 0.6 is 0 Å². The minimum Gasteiger partial charge on any atom is -0.477 e. The standard InChI is InChI=1S/C33H33N3O5S/c37-32(20-17-26-15-18-28(19-16-26)42(39,40)35-22-21-25-9-3-1-4-10-25)36-24-31(41-30-14-8-7-13-29(30)36)33(38)34-23-27-11-5-2-6-12-27/h1-16,18-19,31,35H,17,20-24H2,(H,34,38)/t31-/m1/s1. The van der Waals surface area contributed by atoms with Crippen LogP contribution in [0.3, 0.4) is 0 Å². The number of carbonyl (C=O) groups is 2. The molecule has 0 bridgehead atoms. The molecule has 0 saturated carbocycles. The van der Waals surface area contributed by atoms with Gasteiger partial charge in [0.2, 0.25) is 15.9 Å². The number of ether oxygens (including phenoxy) is 1. The van der Waals surface area contributed by atoms with Crippen LogP contribution in [0.5, 0.6) is 5.75 Å². The van der Waals surface area contributed by atoms with E-state index >= 15 is 0 Å². The molecule has 0 unspecified atom stereocenters. The van der Waals surface area contributed by atoms with Crippen molar-refractivity contribution in [2.75, 3.05) is 18.0 Å². The van der Waals surface area contributed by atoms with Crippen molar-refractivity contribution >= 4 is 27.5 Å². The maximum absolute atomic E-state index is 13.4. The van der Waals surface area contributed by atoms with E-state index in [-0.39, 0.29) is 29.7 Å². The molecule has 9 heteroatoms. The topological polar surface area (TPSA) is 105 Å². The zero-order valence-electron chi connectivity index (χ0n) is 23.1. The molecule has 1 atom stereocenters. The minimum atomic E-state index is -3.64. The van der Waals surface area contributed by atoms with E-state index in [2.05, 4.69) is 10.0 Å². The summed E-state index contributed by atoms with van der Waals surface area (Å²) >= 11 is 0. The maximum atomic E-state index is 13.4. The summed E-state index contributed by atoms with van der Waals surface area (Å²) in [6, 6.07) is 33.0. The highest BCUT2D eigenvalue weighted by atomic mass is 32.2. The van der Waals surface area contributed by atoms with Gasteiger partial charge in [0.25, 0.3) is 5.91 Å². The molecule has 42 heavy (non-hydrogen) atoms. The summed E-state index contributed by atoms with van der Waals surface area (Å²) < 4.78 is 34.0. The van der Waals surface area contributed by atoms with E-state index in [0.717, 1.165) is 16.7 Å². The predicted molar refractivity (Wildman–Crippen MR) is 162 cm³/mol. The number of carbonyl (C=O) groups excluding carboxylic acids is 2. The molecule has 2 amide bonds. The number of nitrogens with zero attached hydrogens (tertiary/aromatic N) is 1. The van der Waals surface area contributed by atoms with E-state index in [1.54, 1.807) is 47.4 Å². The van der Waals surface area contributed by atoms with Gasteiger partial charge < -0.3 is 15.0 Å². The number of rotatable bonds is 11. The molecule has 1 aliphatic heterocycles. The average Bonchev–Trinajstić information content (AvgIpc) is 3.03. The van der Waals surface area contributed by atoms with Crippen molar-refractivity contribution in [3.05, 3.63) is 126 Å². The van der Waals surface area contributed by atoms with Crippen molar-refractivity contribution in [1.29, 1.82) is 0 Å². The van der Waals surface area contributed by atoms with Gasteiger partial charge in [-0.1, -0.05) is 84.9 Å². The van der Waals surface area contributed by atoms with Gasteiger partial charge in [0, 0.05) is 19.5 Å². The molecule has 0 aliphatic carbocycles. The van der Waals surface area contributed by atoms with Crippen LogP contribution < -0.4 is 19.7 Å². The largest absolute Gasteiger partial charge is 0.477 e. The first kappa shape index (κ1) is 29.0. The smallest absolute Gasteiger partial charge is 0.263 e. The number of amides is 2. The summed E-state index contributed by atoms with van der Waals surface area (Å²) in [5.74, 6) is 0.0394. The molecule has 0 aromatic heterocycles. The fourth-order valence-electron chi connectivity index (χ4n) is 4.79. The number of anilines is 1. The molecule has 2 N–H and O–H groups in total. The lowest BCUT2D eigenvalue weighted by Crippen LogP contribution is -2.50. The molecular formula is C33H33N3O5S. The molecule has 5 rings (SSSR count).